The van der Waals surface area contributed by atoms with Gasteiger partial charge in [-0.1, -0.05) is 23.7 Å². The number of amides is 1. The lowest BCUT2D eigenvalue weighted by Gasteiger charge is -2.06. The first kappa shape index (κ1) is 16.0. The number of benzene rings is 2. The lowest BCUT2D eigenvalue weighted by atomic mass is 10.2. The smallest absolute Gasteiger partial charge is 0.264 e. The van der Waals surface area contributed by atoms with Crippen LogP contribution >= 0.6 is 11.6 Å². The second-order valence-electron chi connectivity index (χ2n) is 5.31. The topological polar surface area (TPSA) is 74.8 Å². The number of nitrogens with zero attached hydrogens (tertiary/aromatic N) is 1. The molecule has 0 saturated heterocycles. The molecule has 1 heterocycles. The Morgan fingerprint density at radius 3 is 2.58 bits per heavy atom. The average molecular weight is 340 g/mol. The predicted molar refractivity (Wildman–Crippen MR) is 94.4 cm³/mol. The summed E-state index contributed by atoms with van der Waals surface area (Å²) in [6, 6.07) is 14.2. The Balaban J connectivity index is 1.85. The zero-order valence-electron chi connectivity index (χ0n) is 12.8. The molecule has 0 radical (unpaired) electrons. The predicted octanol–water partition coefficient (Wildman–Crippen LogP) is 3.65. The first-order valence-corrected chi connectivity index (χ1v) is 7.64. The number of rotatable bonds is 3. The van der Waals surface area contributed by atoms with E-state index in [4.69, 9.17) is 11.6 Å². The lowest BCUT2D eigenvalue weighted by molar-refractivity contribution is 0.102. The van der Waals surface area contributed by atoms with Crippen molar-refractivity contribution in [1.29, 1.82) is 0 Å². The number of aryl methyl sites for hydroxylation is 1. The van der Waals surface area contributed by atoms with E-state index >= 15 is 0 Å². The Hall–Kier alpha value is -2.92. The molecule has 2 N–H and O–H groups in total. The number of hydrogen-bond acceptors (Lipinski definition) is 3. The Morgan fingerprint density at radius 1 is 1.17 bits per heavy atom. The van der Waals surface area contributed by atoms with Crippen molar-refractivity contribution in [2.45, 2.75) is 6.92 Å². The minimum Gasteiger partial charge on any atom is -0.322 e. The van der Waals surface area contributed by atoms with E-state index in [0.29, 0.717) is 22.1 Å². The molecule has 0 unspecified atom stereocenters. The van der Waals surface area contributed by atoms with Crippen LogP contribution in [-0.2, 0) is 0 Å². The number of aromatic nitrogens is 2. The summed E-state index contributed by atoms with van der Waals surface area (Å²) >= 11 is 5.84. The largest absolute Gasteiger partial charge is 0.322 e. The standard InChI is InChI=1S/C18H14ClN3O2/c1-11-3-2-4-14(9-11)21-17(23)15-10-20-16(22-18(15)24)12-5-7-13(19)8-6-12/h2-10H,1H3,(H,21,23)(H,20,22,24). The Kier molecular flexibility index (Phi) is 4.44. The number of nitrogens with one attached hydrogen (secondary N) is 2. The molecule has 0 atom stereocenters. The van der Waals surface area contributed by atoms with Crippen molar-refractivity contribution in [2.24, 2.45) is 0 Å². The summed E-state index contributed by atoms with van der Waals surface area (Å²) in [6.45, 7) is 1.92. The summed E-state index contributed by atoms with van der Waals surface area (Å²) in [4.78, 5) is 31.2. The van der Waals surface area contributed by atoms with Gasteiger partial charge in [-0.25, -0.2) is 4.98 Å². The molecular weight excluding hydrogens is 326 g/mol. The third-order valence-corrected chi connectivity index (χ3v) is 3.69. The normalized spacial score (nSPS) is 10.4. The summed E-state index contributed by atoms with van der Waals surface area (Å²) in [5.74, 6) is -0.124. The van der Waals surface area contributed by atoms with E-state index in [1.807, 2.05) is 25.1 Å². The highest BCUT2D eigenvalue weighted by Gasteiger charge is 2.13. The van der Waals surface area contributed by atoms with Gasteiger partial charge in [0.1, 0.15) is 11.4 Å². The molecule has 120 valence electrons. The number of halogens is 1. The minimum absolute atomic E-state index is 0.0470. The molecule has 0 aliphatic heterocycles. The zero-order valence-corrected chi connectivity index (χ0v) is 13.6. The number of hydrogen-bond donors (Lipinski definition) is 2. The van der Waals surface area contributed by atoms with Crippen LogP contribution in [0.2, 0.25) is 5.02 Å². The minimum atomic E-state index is -0.503. The van der Waals surface area contributed by atoms with E-state index in [0.717, 1.165) is 5.56 Å². The van der Waals surface area contributed by atoms with E-state index in [-0.39, 0.29) is 5.56 Å². The highest BCUT2D eigenvalue weighted by atomic mass is 35.5. The van der Waals surface area contributed by atoms with Crippen LogP contribution in [0, 0.1) is 6.92 Å². The van der Waals surface area contributed by atoms with Crippen LogP contribution in [0.1, 0.15) is 15.9 Å². The van der Waals surface area contributed by atoms with Crippen LogP contribution in [0.4, 0.5) is 5.69 Å². The van der Waals surface area contributed by atoms with E-state index in [9.17, 15) is 9.59 Å². The fourth-order valence-corrected chi connectivity index (χ4v) is 2.36. The zero-order chi connectivity index (χ0) is 17.1. The maximum Gasteiger partial charge on any atom is 0.264 e. The second kappa shape index (κ2) is 6.68. The first-order chi connectivity index (χ1) is 11.5. The van der Waals surface area contributed by atoms with E-state index < -0.39 is 11.5 Å². The number of carbonyl (C=O) groups is 1. The van der Waals surface area contributed by atoms with Crippen molar-refractivity contribution in [1.82, 2.24) is 9.97 Å². The van der Waals surface area contributed by atoms with Gasteiger partial charge in [-0.3, -0.25) is 9.59 Å². The summed E-state index contributed by atoms with van der Waals surface area (Å²) in [5, 5.41) is 3.28. The van der Waals surface area contributed by atoms with Crippen molar-refractivity contribution < 1.29 is 4.79 Å². The van der Waals surface area contributed by atoms with Gasteiger partial charge in [-0.15, -0.1) is 0 Å². The number of H-pyrrole nitrogens is 1. The molecule has 0 aliphatic carbocycles. The molecular formula is C18H14ClN3O2. The van der Waals surface area contributed by atoms with E-state index in [2.05, 4.69) is 15.3 Å². The maximum absolute atomic E-state index is 12.3. The molecule has 3 aromatic rings. The molecule has 0 saturated carbocycles. The average Bonchev–Trinajstić information content (AvgIpc) is 2.55. The van der Waals surface area contributed by atoms with E-state index in [1.165, 1.54) is 6.20 Å². The van der Waals surface area contributed by atoms with Crippen molar-refractivity contribution >= 4 is 23.2 Å². The molecule has 0 spiro atoms. The van der Waals surface area contributed by atoms with Gasteiger partial charge < -0.3 is 10.3 Å². The molecule has 0 bridgehead atoms. The molecule has 2 aromatic carbocycles. The quantitative estimate of drug-likeness (QED) is 0.764. The molecule has 1 amide bonds. The van der Waals surface area contributed by atoms with Gasteiger partial charge in [0.15, 0.2) is 0 Å². The second-order valence-corrected chi connectivity index (χ2v) is 5.74. The van der Waals surface area contributed by atoms with Gasteiger partial charge in [0.2, 0.25) is 0 Å². The lowest BCUT2D eigenvalue weighted by Crippen LogP contribution is -2.24. The maximum atomic E-state index is 12.3. The highest BCUT2D eigenvalue weighted by Crippen LogP contribution is 2.17. The molecule has 3 rings (SSSR count). The SMILES string of the molecule is Cc1cccc(NC(=O)c2cnc(-c3ccc(Cl)cc3)[nH]c2=O)c1. The summed E-state index contributed by atoms with van der Waals surface area (Å²) in [6.07, 6.45) is 1.27. The van der Waals surface area contributed by atoms with Crippen LogP contribution in [-0.4, -0.2) is 15.9 Å². The summed E-state index contributed by atoms with van der Waals surface area (Å²) < 4.78 is 0. The number of carbonyl (C=O) groups excluding carboxylic acids is 1. The molecule has 6 heteroatoms. The summed E-state index contributed by atoms with van der Waals surface area (Å²) in [5.41, 5.74) is 1.80. The van der Waals surface area contributed by atoms with Crippen molar-refractivity contribution in [3.63, 3.8) is 0 Å². The first-order valence-electron chi connectivity index (χ1n) is 7.26. The van der Waals surface area contributed by atoms with Crippen LogP contribution in [0.5, 0.6) is 0 Å². The highest BCUT2D eigenvalue weighted by molar-refractivity contribution is 6.30. The van der Waals surface area contributed by atoms with Crippen molar-refractivity contribution in [3.05, 3.63) is 81.2 Å². The van der Waals surface area contributed by atoms with Gasteiger partial charge in [0, 0.05) is 22.5 Å². The number of aromatic amines is 1. The van der Waals surface area contributed by atoms with Crippen LogP contribution < -0.4 is 10.9 Å². The van der Waals surface area contributed by atoms with Crippen LogP contribution in [0.3, 0.4) is 0 Å². The Bertz CT molecular complexity index is 949. The fourth-order valence-electron chi connectivity index (χ4n) is 2.23. The molecule has 0 fully saturated rings. The number of anilines is 1. The summed E-state index contributed by atoms with van der Waals surface area (Å²) in [7, 11) is 0. The van der Waals surface area contributed by atoms with Gasteiger partial charge in [0.25, 0.3) is 11.5 Å². The Morgan fingerprint density at radius 2 is 1.92 bits per heavy atom. The molecule has 1 aromatic heterocycles. The van der Waals surface area contributed by atoms with Gasteiger partial charge >= 0.3 is 0 Å². The molecule has 24 heavy (non-hydrogen) atoms. The molecule has 5 nitrogen and oxygen atoms in total. The third-order valence-electron chi connectivity index (χ3n) is 3.44. The van der Waals surface area contributed by atoms with Gasteiger partial charge in [-0.2, -0.15) is 0 Å². The monoisotopic (exact) mass is 339 g/mol. The van der Waals surface area contributed by atoms with Gasteiger partial charge in [-0.05, 0) is 48.9 Å². The van der Waals surface area contributed by atoms with E-state index in [1.54, 1.807) is 30.3 Å². The van der Waals surface area contributed by atoms with Crippen LogP contribution in [0.15, 0.2) is 59.5 Å². The molecule has 0 aliphatic rings. The Labute approximate surface area is 143 Å². The van der Waals surface area contributed by atoms with Crippen LogP contribution in [0.25, 0.3) is 11.4 Å². The van der Waals surface area contributed by atoms with Crippen molar-refractivity contribution in [2.75, 3.05) is 5.32 Å². The fraction of sp³-hybridized carbons (Fsp3) is 0.0556. The van der Waals surface area contributed by atoms with Crippen molar-refractivity contribution in [3.8, 4) is 11.4 Å². The van der Waals surface area contributed by atoms with Gasteiger partial charge in [0.05, 0.1) is 0 Å². The third kappa shape index (κ3) is 3.52.